The van der Waals surface area contributed by atoms with Crippen LogP contribution in [0.2, 0.25) is 5.02 Å². The summed E-state index contributed by atoms with van der Waals surface area (Å²) in [6.07, 6.45) is 0. The summed E-state index contributed by atoms with van der Waals surface area (Å²) in [4.78, 5) is 2.45. The van der Waals surface area contributed by atoms with Gasteiger partial charge in [0.15, 0.2) is 0 Å². The van der Waals surface area contributed by atoms with Crippen LogP contribution in [-0.2, 0) is 9.47 Å². The molecule has 0 aliphatic carbocycles. The van der Waals surface area contributed by atoms with Crippen molar-refractivity contribution in [3.05, 3.63) is 28.8 Å². The Labute approximate surface area is 124 Å². The van der Waals surface area contributed by atoms with Gasteiger partial charge in [-0.25, -0.2) is 0 Å². The van der Waals surface area contributed by atoms with Crippen LogP contribution in [0.15, 0.2) is 18.2 Å². The molecule has 4 nitrogen and oxygen atoms in total. The highest BCUT2D eigenvalue weighted by atomic mass is 35.5. The Kier molecular flexibility index (Phi) is 7.09. The zero-order chi connectivity index (χ0) is 14.3. The van der Waals surface area contributed by atoms with Crippen LogP contribution in [0.25, 0.3) is 0 Å². The fourth-order valence-electron chi connectivity index (χ4n) is 1.74. The van der Waals surface area contributed by atoms with Crippen molar-refractivity contribution in [1.82, 2.24) is 0 Å². The van der Waals surface area contributed by atoms with Gasteiger partial charge in [0.05, 0.1) is 13.2 Å². The maximum absolute atomic E-state index is 5.99. The van der Waals surface area contributed by atoms with Gasteiger partial charge in [-0.1, -0.05) is 23.8 Å². The molecule has 0 saturated carbocycles. The van der Waals surface area contributed by atoms with E-state index in [0.29, 0.717) is 23.2 Å². The molecule has 19 heavy (non-hydrogen) atoms. The predicted octanol–water partition coefficient (Wildman–Crippen LogP) is 2.07. The van der Waals surface area contributed by atoms with Crippen molar-refractivity contribution >= 4 is 34.5 Å². The fourth-order valence-corrected chi connectivity index (χ4v) is 2.07. The number of thiocarbonyl (C=S) groups is 1. The molecule has 0 atom stereocenters. The second kappa shape index (κ2) is 8.32. The van der Waals surface area contributed by atoms with Crippen LogP contribution in [0.3, 0.4) is 0 Å². The maximum Gasteiger partial charge on any atom is 0.106 e. The molecule has 0 aliphatic heterocycles. The zero-order valence-corrected chi connectivity index (χ0v) is 12.8. The van der Waals surface area contributed by atoms with Gasteiger partial charge in [-0.05, 0) is 18.2 Å². The molecule has 0 fully saturated rings. The molecule has 0 unspecified atom stereocenters. The average Bonchev–Trinajstić information content (AvgIpc) is 2.39. The number of methoxy groups -OCH3 is 2. The molecule has 2 N–H and O–H groups in total. The minimum Gasteiger partial charge on any atom is -0.389 e. The maximum atomic E-state index is 5.99. The van der Waals surface area contributed by atoms with Gasteiger partial charge in [0.2, 0.25) is 0 Å². The molecule has 0 heterocycles. The quantitative estimate of drug-likeness (QED) is 0.745. The molecular weight excluding hydrogens is 284 g/mol. The van der Waals surface area contributed by atoms with Crippen LogP contribution >= 0.6 is 23.8 Å². The fraction of sp³-hybridized carbons (Fsp3) is 0.462. The van der Waals surface area contributed by atoms with E-state index in [1.165, 1.54) is 0 Å². The monoisotopic (exact) mass is 302 g/mol. The Morgan fingerprint density at radius 2 is 1.84 bits per heavy atom. The van der Waals surface area contributed by atoms with Crippen LogP contribution < -0.4 is 10.6 Å². The van der Waals surface area contributed by atoms with Gasteiger partial charge >= 0.3 is 0 Å². The lowest BCUT2D eigenvalue weighted by Crippen LogP contribution is -2.32. The topological polar surface area (TPSA) is 47.7 Å². The predicted molar refractivity (Wildman–Crippen MR) is 83.3 cm³/mol. The van der Waals surface area contributed by atoms with Crippen molar-refractivity contribution < 1.29 is 9.47 Å². The highest BCUT2D eigenvalue weighted by Crippen LogP contribution is 2.24. The standard InChI is InChI=1S/C13H19ClN2O2S/c1-17-7-5-16(6-8-18-2)12-4-3-10(14)9-11(12)13(15)19/h3-4,9H,5-8H2,1-2H3,(H2,15,19). The first-order chi connectivity index (χ1) is 9.10. The summed E-state index contributed by atoms with van der Waals surface area (Å²) in [6, 6.07) is 5.53. The molecule has 106 valence electrons. The molecule has 1 rings (SSSR count). The molecular formula is C13H19ClN2O2S. The third-order valence-corrected chi connectivity index (χ3v) is 3.15. The summed E-state index contributed by atoms with van der Waals surface area (Å²) in [7, 11) is 3.34. The molecule has 0 saturated heterocycles. The van der Waals surface area contributed by atoms with E-state index in [1.807, 2.05) is 12.1 Å². The second-order valence-electron chi connectivity index (χ2n) is 4.00. The van der Waals surface area contributed by atoms with Crippen LogP contribution in [0.5, 0.6) is 0 Å². The van der Waals surface area contributed by atoms with Gasteiger partial charge in [0.25, 0.3) is 0 Å². The van der Waals surface area contributed by atoms with Crippen molar-refractivity contribution in [2.45, 2.75) is 0 Å². The molecule has 0 aromatic heterocycles. The normalized spacial score (nSPS) is 10.5. The van der Waals surface area contributed by atoms with Crippen molar-refractivity contribution in [2.24, 2.45) is 5.73 Å². The lowest BCUT2D eigenvalue weighted by atomic mass is 10.1. The Balaban J connectivity index is 3.02. The first-order valence-corrected chi connectivity index (χ1v) is 6.71. The number of hydrogen-bond acceptors (Lipinski definition) is 4. The highest BCUT2D eigenvalue weighted by Gasteiger charge is 2.13. The van der Waals surface area contributed by atoms with Crippen LogP contribution in [0.1, 0.15) is 5.56 Å². The molecule has 0 bridgehead atoms. The molecule has 0 amide bonds. The Morgan fingerprint density at radius 3 is 2.32 bits per heavy atom. The number of rotatable bonds is 8. The number of benzene rings is 1. The van der Waals surface area contributed by atoms with Gasteiger partial charge in [-0.15, -0.1) is 0 Å². The first-order valence-electron chi connectivity index (χ1n) is 5.92. The highest BCUT2D eigenvalue weighted by molar-refractivity contribution is 7.80. The summed E-state index contributed by atoms with van der Waals surface area (Å²) >= 11 is 11.1. The lowest BCUT2D eigenvalue weighted by Gasteiger charge is -2.26. The van der Waals surface area contributed by atoms with Crippen molar-refractivity contribution in [3.63, 3.8) is 0 Å². The van der Waals surface area contributed by atoms with E-state index >= 15 is 0 Å². The SMILES string of the molecule is COCCN(CCOC)c1ccc(Cl)cc1C(N)=S. The van der Waals surface area contributed by atoms with E-state index in [-0.39, 0.29) is 0 Å². The van der Waals surface area contributed by atoms with Crippen LogP contribution in [0.4, 0.5) is 5.69 Å². The van der Waals surface area contributed by atoms with Gasteiger partial charge in [-0.2, -0.15) is 0 Å². The summed E-state index contributed by atoms with van der Waals surface area (Å²) in [5.74, 6) is 0. The number of nitrogens with zero attached hydrogens (tertiary/aromatic N) is 1. The van der Waals surface area contributed by atoms with Crippen molar-refractivity contribution in [1.29, 1.82) is 0 Å². The van der Waals surface area contributed by atoms with Crippen molar-refractivity contribution in [2.75, 3.05) is 45.4 Å². The number of anilines is 1. The van der Waals surface area contributed by atoms with Gasteiger partial charge in [-0.3, -0.25) is 0 Å². The molecule has 6 heteroatoms. The molecule has 1 aromatic rings. The smallest absolute Gasteiger partial charge is 0.106 e. The van der Waals surface area contributed by atoms with Gasteiger partial charge in [0, 0.05) is 43.6 Å². The third kappa shape index (κ3) is 4.95. The van der Waals surface area contributed by atoms with E-state index in [0.717, 1.165) is 24.3 Å². The number of ether oxygens (including phenoxy) is 2. The van der Waals surface area contributed by atoms with E-state index in [2.05, 4.69) is 4.90 Å². The molecule has 0 radical (unpaired) electrons. The van der Waals surface area contributed by atoms with Crippen LogP contribution in [0, 0.1) is 0 Å². The minimum absolute atomic E-state index is 0.331. The summed E-state index contributed by atoms with van der Waals surface area (Å²) in [5, 5.41) is 0.616. The average molecular weight is 303 g/mol. The lowest BCUT2D eigenvalue weighted by molar-refractivity contribution is 0.190. The third-order valence-electron chi connectivity index (χ3n) is 2.70. The largest absolute Gasteiger partial charge is 0.389 e. The Morgan fingerprint density at radius 1 is 1.26 bits per heavy atom. The Hall–Kier alpha value is -0.880. The molecule has 0 aliphatic rings. The van der Waals surface area contributed by atoms with Crippen LogP contribution in [-0.4, -0.2) is 45.5 Å². The summed E-state index contributed by atoms with van der Waals surface area (Å²) in [5.41, 5.74) is 7.49. The minimum atomic E-state index is 0.331. The second-order valence-corrected chi connectivity index (χ2v) is 4.87. The molecule has 0 spiro atoms. The molecule has 1 aromatic carbocycles. The van der Waals surface area contributed by atoms with Gasteiger partial charge in [0.1, 0.15) is 4.99 Å². The Bertz CT molecular complexity index is 421. The van der Waals surface area contributed by atoms with E-state index in [9.17, 15) is 0 Å². The van der Waals surface area contributed by atoms with E-state index in [1.54, 1.807) is 20.3 Å². The van der Waals surface area contributed by atoms with E-state index in [4.69, 9.17) is 39.0 Å². The number of halogens is 1. The van der Waals surface area contributed by atoms with Crippen molar-refractivity contribution in [3.8, 4) is 0 Å². The number of hydrogen-bond donors (Lipinski definition) is 1. The zero-order valence-electron chi connectivity index (χ0n) is 11.2. The first kappa shape index (κ1) is 16.2. The van der Waals surface area contributed by atoms with E-state index < -0.39 is 0 Å². The summed E-state index contributed by atoms with van der Waals surface area (Å²) < 4.78 is 10.3. The van der Waals surface area contributed by atoms with Gasteiger partial charge < -0.3 is 20.1 Å². The summed E-state index contributed by atoms with van der Waals surface area (Å²) in [6.45, 7) is 2.69. The number of nitrogens with two attached hydrogens (primary N) is 1.